The molecule has 1 aliphatic carbocycles. The van der Waals surface area contributed by atoms with Crippen molar-refractivity contribution in [3.8, 4) is 0 Å². The molecule has 0 spiro atoms. The van der Waals surface area contributed by atoms with Crippen molar-refractivity contribution < 1.29 is 4.79 Å². The lowest BCUT2D eigenvalue weighted by Crippen LogP contribution is -2.45. The fourth-order valence-electron chi connectivity index (χ4n) is 2.45. The third kappa shape index (κ3) is 3.76. The maximum atomic E-state index is 12.0. The zero-order valence-corrected chi connectivity index (χ0v) is 12.2. The molecule has 3 heteroatoms. The molecular formula is C13H24BrNO. The van der Waals surface area contributed by atoms with Crippen LogP contribution in [0.15, 0.2) is 0 Å². The number of nitrogens with one attached hydrogen (secondary N) is 1. The number of rotatable bonds is 4. The molecule has 0 saturated heterocycles. The number of alkyl halides is 1. The second-order valence-electron chi connectivity index (χ2n) is 5.21. The van der Waals surface area contributed by atoms with E-state index in [1.54, 1.807) is 0 Å². The van der Waals surface area contributed by atoms with Gasteiger partial charge < -0.3 is 5.32 Å². The van der Waals surface area contributed by atoms with Crippen LogP contribution in [-0.4, -0.2) is 16.8 Å². The first-order chi connectivity index (χ1) is 7.56. The number of carbonyl (C=O) groups excluding carboxylic acids is 1. The monoisotopic (exact) mass is 289 g/mol. The molecule has 0 bridgehead atoms. The first-order valence-electron chi connectivity index (χ1n) is 6.50. The van der Waals surface area contributed by atoms with E-state index < -0.39 is 0 Å². The average molecular weight is 290 g/mol. The summed E-state index contributed by atoms with van der Waals surface area (Å²) >= 11 is 3.46. The maximum Gasteiger partial charge on any atom is 0.234 e. The van der Waals surface area contributed by atoms with Gasteiger partial charge in [0.15, 0.2) is 0 Å². The summed E-state index contributed by atoms with van der Waals surface area (Å²) in [6.07, 6.45) is 6.20. The van der Waals surface area contributed by atoms with Crippen LogP contribution in [0.5, 0.6) is 0 Å². The highest BCUT2D eigenvalue weighted by atomic mass is 79.9. The first kappa shape index (κ1) is 14.0. The van der Waals surface area contributed by atoms with E-state index in [4.69, 9.17) is 0 Å². The summed E-state index contributed by atoms with van der Waals surface area (Å²) in [5.74, 6) is 1.20. The van der Waals surface area contributed by atoms with Crippen LogP contribution in [0.2, 0.25) is 0 Å². The van der Waals surface area contributed by atoms with Crippen molar-refractivity contribution in [1.29, 1.82) is 0 Å². The molecule has 0 aromatic carbocycles. The van der Waals surface area contributed by atoms with Crippen LogP contribution < -0.4 is 5.32 Å². The summed E-state index contributed by atoms with van der Waals surface area (Å²) in [6.45, 7) is 6.36. The van der Waals surface area contributed by atoms with Gasteiger partial charge in [0.2, 0.25) is 5.91 Å². The van der Waals surface area contributed by atoms with Gasteiger partial charge in [0.1, 0.15) is 0 Å². The molecule has 0 radical (unpaired) electrons. The smallest absolute Gasteiger partial charge is 0.234 e. The molecule has 0 aliphatic heterocycles. The van der Waals surface area contributed by atoms with Gasteiger partial charge in [-0.3, -0.25) is 4.79 Å². The van der Waals surface area contributed by atoms with E-state index in [1.165, 1.54) is 25.7 Å². The van der Waals surface area contributed by atoms with Crippen molar-refractivity contribution in [3.63, 3.8) is 0 Å². The van der Waals surface area contributed by atoms with Crippen molar-refractivity contribution >= 4 is 21.8 Å². The highest BCUT2D eigenvalue weighted by Gasteiger charge is 2.27. The van der Waals surface area contributed by atoms with Gasteiger partial charge in [-0.25, -0.2) is 0 Å². The van der Waals surface area contributed by atoms with Crippen molar-refractivity contribution in [3.05, 3.63) is 0 Å². The van der Waals surface area contributed by atoms with Crippen LogP contribution >= 0.6 is 15.9 Å². The van der Waals surface area contributed by atoms with E-state index in [-0.39, 0.29) is 10.7 Å². The minimum absolute atomic E-state index is 0.0491. The molecule has 0 heterocycles. The lowest BCUT2D eigenvalue weighted by Gasteiger charge is -2.32. The van der Waals surface area contributed by atoms with Crippen LogP contribution in [0.25, 0.3) is 0 Å². The quantitative estimate of drug-likeness (QED) is 0.789. The highest BCUT2D eigenvalue weighted by molar-refractivity contribution is 9.10. The lowest BCUT2D eigenvalue weighted by molar-refractivity contribution is -0.122. The third-order valence-corrected chi connectivity index (χ3v) is 5.07. The van der Waals surface area contributed by atoms with Crippen molar-refractivity contribution in [2.75, 3.05) is 0 Å². The van der Waals surface area contributed by atoms with Gasteiger partial charge in [0.05, 0.1) is 4.83 Å². The summed E-state index contributed by atoms with van der Waals surface area (Å²) in [6, 6.07) is 0.407. The molecule has 0 aromatic heterocycles. The molecule has 3 unspecified atom stereocenters. The predicted octanol–water partition coefficient (Wildman–Crippen LogP) is 3.49. The van der Waals surface area contributed by atoms with Crippen molar-refractivity contribution in [2.24, 2.45) is 11.8 Å². The number of halogens is 1. The molecule has 1 saturated carbocycles. The second-order valence-corrected chi connectivity index (χ2v) is 6.20. The van der Waals surface area contributed by atoms with Crippen molar-refractivity contribution in [2.45, 2.75) is 63.7 Å². The summed E-state index contributed by atoms with van der Waals surface area (Å²) in [5.41, 5.74) is 0. The molecular weight excluding hydrogens is 266 g/mol. The van der Waals surface area contributed by atoms with E-state index in [1.807, 2.05) is 0 Å². The predicted molar refractivity (Wildman–Crippen MR) is 71.7 cm³/mol. The number of carbonyl (C=O) groups is 1. The van der Waals surface area contributed by atoms with Gasteiger partial charge in [-0.05, 0) is 24.7 Å². The number of hydrogen-bond donors (Lipinski definition) is 1. The van der Waals surface area contributed by atoms with Gasteiger partial charge in [-0.1, -0.05) is 56.0 Å². The van der Waals surface area contributed by atoms with E-state index in [0.29, 0.717) is 17.9 Å². The fourth-order valence-corrected chi connectivity index (χ4v) is 2.58. The fraction of sp³-hybridized carbons (Fsp3) is 0.923. The maximum absolute atomic E-state index is 12.0. The van der Waals surface area contributed by atoms with E-state index >= 15 is 0 Å². The summed E-state index contributed by atoms with van der Waals surface area (Å²) in [5, 5.41) is 3.22. The second kappa shape index (κ2) is 6.63. The topological polar surface area (TPSA) is 29.1 Å². The van der Waals surface area contributed by atoms with E-state index in [9.17, 15) is 4.79 Å². The minimum atomic E-state index is -0.0491. The Kier molecular flexibility index (Phi) is 5.81. The molecule has 0 aromatic rings. The Labute approximate surface area is 108 Å². The van der Waals surface area contributed by atoms with Gasteiger partial charge >= 0.3 is 0 Å². The van der Waals surface area contributed by atoms with Gasteiger partial charge in [-0.2, -0.15) is 0 Å². The first-order valence-corrected chi connectivity index (χ1v) is 7.42. The van der Waals surface area contributed by atoms with E-state index in [2.05, 4.69) is 42.0 Å². The SMILES string of the molecule is CCC1CCCCC1NC(=O)C(Br)C(C)C. The third-order valence-electron chi connectivity index (χ3n) is 3.60. The molecule has 1 N–H and O–H groups in total. The van der Waals surface area contributed by atoms with Gasteiger partial charge in [0, 0.05) is 6.04 Å². The number of hydrogen-bond acceptors (Lipinski definition) is 1. The zero-order valence-electron chi connectivity index (χ0n) is 10.6. The Bertz CT molecular complexity index is 230. The van der Waals surface area contributed by atoms with Gasteiger partial charge in [-0.15, -0.1) is 0 Å². The molecule has 94 valence electrons. The molecule has 1 rings (SSSR count). The van der Waals surface area contributed by atoms with Crippen molar-refractivity contribution in [1.82, 2.24) is 5.32 Å². The lowest BCUT2D eigenvalue weighted by atomic mass is 9.83. The highest BCUT2D eigenvalue weighted by Crippen LogP contribution is 2.27. The number of amides is 1. The van der Waals surface area contributed by atoms with E-state index in [0.717, 1.165) is 6.42 Å². The normalized spacial score (nSPS) is 27.8. The summed E-state index contributed by atoms with van der Waals surface area (Å²) in [4.78, 5) is 11.9. The minimum Gasteiger partial charge on any atom is -0.352 e. The molecule has 1 fully saturated rings. The Morgan fingerprint density at radius 1 is 1.38 bits per heavy atom. The Morgan fingerprint density at radius 2 is 2.00 bits per heavy atom. The van der Waals surface area contributed by atoms with Crippen LogP contribution in [0.4, 0.5) is 0 Å². The molecule has 3 atom stereocenters. The van der Waals surface area contributed by atoms with Crippen LogP contribution in [0, 0.1) is 11.8 Å². The molecule has 16 heavy (non-hydrogen) atoms. The van der Waals surface area contributed by atoms with Gasteiger partial charge in [0.25, 0.3) is 0 Å². The molecule has 2 nitrogen and oxygen atoms in total. The van der Waals surface area contributed by atoms with Crippen LogP contribution in [-0.2, 0) is 4.79 Å². The molecule has 1 amide bonds. The summed E-state index contributed by atoms with van der Waals surface area (Å²) < 4.78 is 0. The van der Waals surface area contributed by atoms with Crippen LogP contribution in [0.3, 0.4) is 0 Å². The standard InChI is InChI=1S/C13H24BrNO/c1-4-10-7-5-6-8-11(10)15-13(16)12(14)9(2)3/h9-12H,4-8H2,1-3H3,(H,15,16). The Morgan fingerprint density at radius 3 is 2.56 bits per heavy atom. The largest absolute Gasteiger partial charge is 0.352 e. The Hall–Kier alpha value is -0.0500. The Balaban J connectivity index is 2.48. The van der Waals surface area contributed by atoms with Crippen LogP contribution in [0.1, 0.15) is 52.9 Å². The summed E-state index contributed by atoms with van der Waals surface area (Å²) in [7, 11) is 0. The zero-order chi connectivity index (χ0) is 12.1. The molecule has 1 aliphatic rings. The average Bonchev–Trinajstić information content (AvgIpc) is 2.28.